The van der Waals surface area contributed by atoms with Gasteiger partial charge in [-0.1, -0.05) is 12.1 Å². The van der Waals surface area contributed by atoms with E-state index < -0.39 is 102 Å². The molecule has 2 aliphatic heterocycles. The summed E-state index contributed by atoms with van der Waals surface area (Å²) in [6.07, 6.45) is -3.21. The van der Waals surface area contributed by atoms with Gasteiger partial charge in [0, 0.05) is 48.6 Å². The van der Waals surface area contributed by atoms with Gasteiger partial charge in [0.25, 0.3) is 0 Å². The average Bonchev–Trinajstić information content (AvgIpc) is 3.02. The molecule has 0 spiro atoms. The van der Waals surface area contributed by atoms with E-state index in [0.29, 0.717) is 13.0 Å². The van der Waals surface area contributed by atoms with Crippen LogP contribution in [0.5, 0.6) is 17.2 Å². The van der Waals surface area contributed by atoms with Crippen LogP contribution in [0.1, 0.15) is 88.1 Å². The first-order chi connectivity index (χ1) is 21.4. The average molecular weight is 628 g/mol. The standard InChI is InChI=1S/C32H37NO12/c1-14-27(35)17(33)10-22(44-14)45-19-12-32(40,20(34)13-43-21-8-3-4-9-42-21)11-16-24(19)31(39)26-25(29(16)37)28(36)15-6-5-7-18(41-2)23(15)30(26)38/h5-7,14,17,19,21-22,27,35,37,39-40H,3-4,8-13,33H2,1-2H3/t14-,17-,19-,21+,22-,27+,32-/m0/s1. The maximum Gasteiger partial charge on any atom is 0.202 e. The molecule has 2 aromatic rings. The molecule has 2 aliphatic carbocycles. The van der Waals surface area contributed by atoms with Gasteiger partial charge in [0.2, 0.25) is 5.78 Å². The molecule has 13 heteroatoms. The molecule has 13 nitrogen and oxygen atoms in total. The minimum atomic E-state index is -2.17. The molecular weight excluding hydrogens is 590 g/mol. The number of aromatic hydroxyl groups is 2. The number of carbonyl (C=O) groups is 3. The molecule has 2 heterocycles. The second kappa shape index (κ2) is 12.1. The fourth-order valence-electron chi connectivity index (χ4n) is 6.75. The quantitative estimate of drug-likeness (QED) is 0.236. The second-order valence-corrected chi connectivity index (χ2v) is 12.1. The number of hydrogen-bond donors (Lipinski definition) is 5. The lowest BCUT2D eigenvalue weighted by molar-refractivity contribution is -0.247. The number of benzene rings is 2. The molecule has 7 atom stereocenters. The molecule has 6 rings (SSSR count). The highest BCUT2D eigenvalue weighted by atomic mass is 16.7. The molecule has 242 valence electrons. The summed E-state index contributed by atoms with van der Waals surface area (Å²) in [6.45, 7) is 1.59. The van der Waals surface area contributed by atoms with Gasteiger partial charge in [0.05, 0.1) is 42.1 Å². The molecule has 2 saturated heterocycles. The number of fused-ring (bicyclic) bond motifs is 3. The normalized spacial score (nSPS) is 31.1. The Morgan fingerprint density at radius 1 is 1.09 bits per heavy atom. The topological polar surface area (TPSA) is 204 Å². The lowest BCUT2D eigenvalue weighted by atomic mass is 9.72. The van der Waals surface area contributed by atoms with Crippen LogP contribution < -0.4 is 10.5 Å². The first-order valence-electron chi connectivity index (χ1n) is 15.1. The monoisotopic (exact) mass is 627 g/mol. The number of carbonyl (C=O) groups excluding carboxylic acids is 3. The highest BCUT2D eigenvalue weighted by Crippen LogP contribution is 2.52. The smallest absolute Gasteiger partial charge is 0.202 e. The van der Waals surface area contributed by atoms with Crippen LogP contribution in [-0.2, 0) is 30.2 Å². The van der Waals surface area contributed by atoms with Crippen molar-refractivity contribution in [1.82, 2.24) is 0 Å². The first kappa shape index (κ1) is 31.5. The molecule has 0 amide bonds. The highest BCUT2D eigenvalue weighted by Gasteiger charge is 2.50. The van der Waals surface area contributed by atoms with Gasteiger partial charge in [-0.15, -0.1) is 0 Å². The van der Waals surface area contributed by atoms with Crippen LogP contribution in [0.25, 0.3) is 0 Å². The number of aliphatic hydroxyl groups excluding tert-OH is 1. The summed E-state index contributed by atoms with van der Waals surface area (Å²) in [6, 6.07) is 3.71. The Bertz CT molecular complexity index is 1520. The third kappa shape index (κ3) is 5.42. The Balaban J connectivity index is 1.43. The number of aliphatic hydroxyl groups is 2. The largest absolute Gasteiger partial charge is 0.507 e. The van der Waals surface area contributed by atoms with Gasteiger partial charge in [-0.05, 0) is 32.3 Å². The van der Waals surface area contributed by atoms with Gasteiger partial charge in [0.15, 0.2) is 24.1 Å². The number of phenolic OH excluding ortho intramolecular Hbond substituents is 2. The molecule has 0 aromatic heterocycles. The molecule has 6 N–H and O–H groups in total. The van der Waals surface area contributed by atoms with Crippen molar-refractivity contribution >= 4 is 17.3 Å². The fourth-order valence-corrected chi connectivity index (χ4v) is 6.75. The van der Waals surface area contributed by atoms with Crippen LogP contribution in [0.4, 0.5) is 0 Å². The highest BCUT2D eigenvalue weighted by molar-refractivity contribution is 6.31. The van der Waals surface area contributed by atoms with E-state index in [9.17, 15) is 34.8 Å². The van der Waals surface area contributed by atoms with Crippen LogP contribution in [0, 0.1) is 0 Å². The first-order valence-corrected chi connectivity index (χ1v) is 15.1. The predicted molar refractivity (Wildman–Crippen MR) is 154 cm³/mol. The maximum atomic E-state index is 13.8. The van der Waals surface area contributed by atoms with Gasteiger partial charge in [-0.3, -0.25) is 14.4 Å². The van der Waals surface area contributed by atoms with Crippen LogP contribution in [0.15, 0.2) is 18.2 Å². The van der Waals surface area contributed by atoms with Crippen LogP contribution in [0.3, 0.4) is 0 Å². The lowest BCUT2D eigenvalue weighted by Gasteiger charge is -2.42. The van der Waals surface area contributed by atoms with Crippen LogP contribution in [0.2, 0.25) is 0 Å². The second-order valence-electron chi connectivity index (χ2n) is 12.1. The van der Waals surface area contributed by atoms with Crippen molar-refractivity contribution in [2.45, 2.75) is 88.0 Å². The van der Waals surface area contributed by atoms with Crippen molar-refractivity contribution in [3.05, 3.63) is 51.6 Å². The number of phenols is 2. The van der Waals surface area contributed by atoms with Gasteiger partial charge < -0.3 is 49.8 Å². The molecule has 2 aromatic carbocycles. The Kier molecular flexibility index (Phi) is 8.46. The van der Waals surface area contributed by atoms with Gasteiger partial charge >= 0.3 is 0 Å². The van der Waals surface area contributed by atoms with Crippen molar-refractivity contribution in [3.63, 3.8) is 0 Å². The molecule has 0 saturated carbocycles. The zero-order chi connectivity index (χ0) is 32.2. The minimum absolute atomic E-state index is 0.0329. The number of methoxy groups -OCH3 is 1. The summed E-state index contributed by atoms with van der Waals surface area (Å²) in [7, 11) is 1.34. The SMILES string of the molecule is COc1cccc2c1C(=O)c1c(O)c3c(c(O)c1C2=O)C[C@@](O)(C(=O)CO[C@@H]1CCCCO1)C[C@@H]3O[C@H]1C[C@H](N)[C@H](O)[C@H](C)O1. The number of ether oxygens (including phenoxy) is 5. The van der Waals surface area contributed by atoms with E-state index in [0.717, 1.165) is 12.8 Å². The summed E-state index contributed by atoms with van der Waals surface area (Å²) < 4.78 is 28.5. The molecule has 2 fully saturated rings. The van der Waals surface area contributed by atoms with E-state index in [2.05, 4.69) is 0 Å². The summed E-state index contributed by atoms with van der Waals surface area (Å²) in [5.41, 5.74) is 2.72. The Morgan fingerprint density at radius 3 is 2.53 bits per heavy atom. The number of hydrogen-bond acceptors (Lipinski definition) is 13. The number of rotatable bonds is 7. The van der Waals surface area contributed by atoms with Gasteiger partial charge in [-0.25, -0.2) is 0 Å². The third-order valence-corrected chi connectivity index (χ3v) is 9.20. The van der Waals surface area contributed by atoms with E-state index >= 15 is 0 Å². The number of Topliss-reactive ketones (excluding diaryl/α,β-unsaturated/α-hetero) is 1. The summed E-state index contributed by atoms with van der Waals surface area (Å²) in [5, 5.41) is 45.4. The predicted octanol–water partition coefficient (Wildman–Crippen LogP) is 1.55. The molecule has 0 radical (unpaired) electrons. The maximum absolute atomic E-state index is 13.8. The van der Waals surface area contributed by atoms with Crippen molar-refractivity contribution in [2.75, 3.05) is 20.3 Å². The van der Waals surface area contributed by atoms with E-state index in [1.807, 2.05) is 0 Å². The van der Waals surface area contributed by atoms with Crippen molar-refractivity contribution in [3.8, 4) is 17.2 Å². The third-order valence-electron chi connectivity index (χ3n) is 9.20. The summed E-state index contributed by atoms with van der Waals surface area (Å²) in [4.78, 5) is 41.1. The fraction of sp³-hybridized carbons (Fsp3) is 0.531. The van der Waals surface area contributed by atoms with E-state index in [1.165, 1.54) is 25.3 Å². The van der Waals surface area contributed by atoms with Crippen molar-refractivity contribution in [1.29, 1.82) is 0 Å². The van der Waals surface area contributed by atoms with E-state index in [-0.39, 0.29) is 34.4 Å². The minimum Gasteiger partial charge on any atom is -0.507 e. The molecule has 0 unspecified atom stereocenters. The summed E-state index contributed by atoms with van der Waals surface area (Å²) >= 11 is 0. The number of ketones is 3. The molecule has 0 bridgehead atoms. The van der Waals surface area contributed by atoms with Crippen molar-refractivity contribution in [2.24, 2.45) is 5.73 Å². The summed E-state index contributed by atoms with van der Waals surface area (Å²) in [5.74, 6) is -3.40. The van der Waals surface area contributed by atoms with Gasteiger partial charge in [-0.2, -0.15) is 0 Å². The lowest BCUT2D eigenvalue weighted by Crippen LogP contribution is -2.53. The van der Waals surface area contributed by atoms with E-state index in [1.54, 1.807) is 6.92 Å². The molecule has 4 aliphatic rings. The zero-order valence-electron chi connectivity index (χ0n) is 25.0. The Morgan fingerprint density at radius 2 is 1.84 bits per heavy atom. The van der Waals surface area contributed by atoms with Crippen LogP contribution in [-0.4, -0.2) is 94.5 Å². The van der Waals surface area contributed by atoms with Crippen molar-refractivity contribution < 1.29 is 58.5 Å². The number of nitrogens with two attached hydrogens (primary N) is 1. The zero-order valence-corrected chi connectivity index (χ0v) is 25.0. The Labute approximate surface area is 258 Å². The Hall–Kier alpha value is -3.43. The van der Waals surface area contributed by atoms with E-state index in [4.69, 9.17) is 29.4 Å². The molecular formula is C32H37NO12. The van der Waals surface area contributed by atoms with Gasteiger partial charge in [0.1, 0.15) is 29.5 Å². The van der Waals surface area contributed by atoms with Crippen LogP contribution >= 0.6 is 0 Å². The molecule has 45 heavy (non-hydrogen) atoms.